The average molecular weight is 350 g/mol. The Morgan fingerprint density at radius 2 is 2.15 bits per heavy atom. The number of halogens is 1. The van der Waals surface area contributed by atoms with Crippen molar-refractivity contribution in [3.05, 3.63) is 58.6 Å². The molecule has 0 spiro atoms. The van der Waals surface area contributed by atoms with Gasteiger partial charge in [-0.1, -0.05) is 22.0 Å². The van der Waals surface area contributed by atoms with Crippen LogP contribution in [0.3, 0.4) is 0 Å². The number of hydrogen-bond donors (Lipinski definition) is 0. The first-order chi connectivity index (χ1) is 9.72. The van der Waals surface area contributed by atoms with E-state index in [0.29, 0.717) is 11.7 Å². The third-order valence-corrected chi connectivity index (χ3v) is 4.29. The van der Waals surface area contributed by atoms with E-state index in [0.717, 1.165) is 21.7 Å². The van der Waals surface area contributed by atoms with E-state index >= 15 is 0 Å². The molecule has 0 bridgehead atoms. The van der Waals surface area contributed by atoms with Crippen molar-refractivity contribution in [2.45, 2.75) is 17.6 Å². The Kier molecular flexibility index (Phi) is 3.98. The van der Waals surface area contributed by atoms with Crippen LogP contribution >= 0.6 is 27.7 Å². The van der Waals surface area contributed by atoms with Crippen molar-refractivity contribution in [3.8, 4) is 11.7 Å². The van der Waals surface area contributed by atoms with E-state index in [-0.39, 0.29) is 0 Å². The Morgan fingerprint density at radius 3 is 2.90 bits per heavy atom. The molecule has 0 amide bonds. The number of nitrogens with zero attached hydrogens (tertiary/aromatic N) is 1. The summed E-state index contributed by atoms with van der Waals surface area (Å²) >= 11 is 5.20. The van der Waals surface area contributed by atoms with Gasteiger partial charge in [-0.3, -0.25) is 0 Å². The second-order valence-electron chi connectivity index (χ2n) is 4.25. The first-order valence-electron chi connectivity index (χ1n) is 6.11. The van der Waals surface area contributed by atoms with E-state index < -0.39 is 0 Å². The zero-order valence-electron chi connectivity index (χ0n) is 10.8. The highest BCUT2D eigenvalue weighted by Gasteiger charge is 2.13. The standard InChI is InChI=1S/C15H12BrNO2S/c1-10-13(9-20-12-5-2-4-11(16)8-12)17-15(19-10)14-6-3-7-18-14/h2-8H,9H2,1H3. The highest BCUT2D eigenvalue weighted by molar-refractivity contribution is 9.10. The SMILES string of the molecule is Cc1oc(-c2ccco2)nc1CSc1cccc(Br)c1. The Bertz CT molecular complexity index is 706. The van der Waals surface area contributed by atoms with E-state index in [9.17, 15) is 0 Å². The van der Waals surface area contributed by atoms with Crippen molar-refractivity contribution in [3.63, 3.8) is 0 Å². The van der Waals surface area contributed by atoms with E-state index in [2.05, 4.69) is 33.0 Å². The largest absolute Gasteiger partial charge is 0.459 e. The lowest BCUT2D eigenvalue weighted by Gasteiger charge is -2.00. The van der Waals surface area contributed by atoms with Gasteiger partial charge >= 0.3 is 0 Å². The van der Waals surface area contributed by atoms with Gasteiger partial charge in [0.2, 0.25) is 0 Å². The molecule has 3 rings (SSSR count). The topological polar surface area (TPSA) is 39.2 Å². The van der Waals surface area contributed by atoms with Gasteiger partial charge in [-0.2, -0.15) is 0 Å². The van der Waals surface area contributed by atoms with Gasteiger partial charge in [-0.05, 0) is 37.3 Å². The fourth-order valence-corrected chi connectivity index (χ4v) is 3.28. The van der Waals surface area contributed by atoms with Crippen LogP contribution in [-0.4, -0.2) is 4.98 Å². The first kappa shape index (κ1) is 13.5. The molecule has 5 heteroatoms. The Balaban J connectivity index is 1.75. The lowest BCUT2D eigenvalue weighted by molar-refractivity contribution is 0.500. The summed E-state index contributed by atoms with van der Waals surface area (Å²) in [5, 5.41) is 0. The van der Waals surface area contributed by atoms with Crippen LogP contribution in [0.25, 0.3) is 11.7 Å². The number of furan rings is 1. The van der Waals surface area contributed by atoms with E-state index in [4.69, 9.17) is 8.83 Å². The molecule has 2 heterocycles. The summed E-state index contributed by atoms with van der Waals surface area (Å²) in [6.07, 6.45) is 1.62. The molecule has 0 saturated heterocycles. The van der Waals surface area contributed by atoms with Crippen LogP contribution in [0, 0.1) is 6.92 Å². The molecule has 0 aliphatic rings. The monoisotopic (exact) mass is 349 g/mol. The lowest BCUT2D eigenvalue weighted by Crippen LogP contribution is -1.84. The Labute approximate surface area is 129 Å². The van der Waals surface area contributed by atoms with Crippen molar-refractivity contribution < 1.29 is 8.83 Å². The average Bonchev–Trinajstić information content (AvgIpc) is 3.06. The maximum Gasteiger partial charge on any atom is 0.263 e. The molecule has 20 heavy (non-hydrogen) atoms. The molecule has 0 saturated carbocycles. The number of aryl methyl sites for hydroxylation is 1. The van der Waals surface area contributed by atoms with Gasteiger partial charge < -0.3 is 8.83 Å². The summed E-state index contributed by atoms with van der Waals surface area (Å²) < 4.78 is 12.0. The van der Waals surface area contributed by atoms with Crippen LogP contribution in [0.2, 0.25) is 0 Å². The van der Waals surface area contributed by atoms with Crippen LogP contribution in [0.15, 0.2) is 60.9 Å². The summed E-state index contributed by atoms with van der Waals surface area (Å²) in [7, 11) is 0. The number of thioether (sulfide) groups is 1. The van der Waals surface area contributed by atoms with Crippen molar-refractivity contribution in [1.29, 1.82) is 0 Å². The van der Waals surface area contributed by atoms with Crippen LogP contribution in [-0.2, 0) is 5.75 Å². The summed E-state index contributed by atoms with van der Waals surface area (Å²) in [5.74, 6) is 2.80. The molecule has 3 aromatic rings. The number of hydrogen-bond acceptors (Lipinski definition) is 4. The number of rotatable bonds is 4. The minimum Gasteiger partial charge on any atom is -0.459 e. The van der Waals surface area contributed by atoms with Crippen LogP contribution in [0.5, 0.6) is 0 Å². The van der Waals surface area contributed by atoms with Crippen molar-refractivity contribution in [2.24, 2.45) is 0 Å². The fraction of sp³-hybridized carbons (Fsp3) is 0.133. The minimum absolute atomic E-state index is 0.539. The zero-order valence-corrected chi connectivity index (χ0v) is 13.2. The van der Waals surface area contributed by atoms with Gasteiger partial charge in [-0.15, -0.1) is 11.8 Å². The molecule has 1 aromatic carbocycles. The first-order valence-corrected chi connectivity index (χ1v) is 7.89. The molecule has 0 atom stereocenters. The van der Waals surface area contributed by atoms with E-state index in [1.807, 2.05) is 31.2 Å². The molecule has 0 unspecified atom stereocenters. The quantitative estimate of drug-likeness (QED) is 0.599. The van der Waals surface area contributed by atoms with Gasteiger partial charge in [0.05, 0.1) is 12.0 Å². The molecule has 0 aliphatic heterocycles. The predicted octanol–water partition coefficient (Wildman–Crippen LogP) is 5.30. The van der Waals surface area contributed by atoms with Crippen LogP contribution in [0.1, 0.15) is 11.5 Å². The zero-order chi connectivity index (χ0) is 13.9. The van der Waals surface area contributed by atoms with Crippen molar-refractivity contribution >= 4 is 27.7 Å². The van der Waals surface area contributed by atoms with Gasteiger partial charge in [-0.25, -0.2) is 4.98 Å². The van der Waals surface area contributed by atoms with Gasteiger partial charge in [0.15, 0.2) is 5.76 Å². The van der Waals surface area contributed by atoms with Gasteiger partial charge in [0.25, 0.3) is 5.89 Å². The summed E-state index contributed by atoms with van der Waals surface area (Å²) in [6.45, 7) is 1.93. The highest BCUT2D eigenvalue weighted by Crippen LogP contribution is 2.28. The van der Waals surface area contributed by atoms with E-state index in [1.54, 1.807) is 18.0 Å². The molecule has 0 radical (unpaired) electrons. The van der Waals surface area contributed by atoms with Crippen molar-refractivity contribution in [2.75, 3.05) is 0 Å². The van der Waals surface area contributed by atoms with Crippen LogP contribution < -0.4 is 0 Å². The van der Waals surface area contributed by atoms with Gasteiger partial charge in [0.1, 0.15) is 5.76 Å². The van der Waals surface area contributed by atoms with Gasteiger partial charge in [0, 0.05) is 15.1 Å². The third kappa shape index (κ3) is 2.99. The maximum absolute atomic E-state index is 5.64. The maximum atomic E-state index is 5.64. The van der Waals surface area contributed by atoms with E-state index in [1.165, 1.54) is 4.90 Å². The fourth-order valence-electron chi connectivity index (χ4n) is 1.78. The van der Waals surface area contributed by atoms with Crippen LogP contribution in [0.4, 0.5) is 0 Å². The number of aromatic nitrogens is 1. The second kappa shape index (κ2) is 5.89. The molecular weight excluding hydrogens is 338 g/mol. The second-order valence-corrected chi connectivity index (χ2v) is 6.21. The third-order valence-electron chi connectivity index (χ3n) is 2.80. The predicted molar refractivity (Wildman–Crippen MR) is 82.6 cm³/mol. The summed E-state index contributed by atoms with van der Waals surface area (Å²) in [5.41, 5.74) is 0.946. The Morgan fingerprint density at radius 1 is 1.25 bits per heavy atom. The number of benzene rings is 1. The molecule has 3 nitrogen and oxygen atoms in total. The van der Waals surface area contributed by atoms with Crippen molar-refractivity contribution in [1.82, 2.24) is 4.98 Å². The molecule has 0 fully saturated rings. The molecule has 0 N–H and O–H groups in total. The summed E-state index contributed by atoms with van der Waals surface area (Å²) in [6, 6.07) is 11.9. The molecule has 0 aliphatic carbocycles. The molecule has 102 valence electrons. The summed E-state index contributed by atoms with van der Waals surface area (Å²) in [4.78, 5) is 5.69. The molecular formula is C15H12BrNO2S. The minimum atomic E-state index is 0.539. The number of oxazole rings is 1. The lowest BCUT2D eigenvalue weighted by atomic mass is 10.4. The molecule has 2 aromatic heterocycles. The highest BCUT2D eigenvalue weighted by atomic mass is 79.9. The normalized spacial score (nSPS) is 10.9. The Hall–Kier alpha value is -1.46. The smallest absolute Gasteiger partial charge is 0.263 e.